The molecule has 2 heterocycles. The normalized spacial score (nSPS) is 44.0. The lowest BCUT2D eigenvalue weighted by Crippen LogP contribution is -2.57. The van der Waals surface area contributed by atoms with Crippen LogP contribution in [0.25, 0.3) is 0 Å². The first-order valence-corrected chi connectivity index (χ1v) is 4.81. The van der Waals surface area contributed by atoms with Crippen LogP contribution in [0.1, 0.15) is 19.3 Å². The van der Waals surface area contributed by atoms with Crippen LogP contribution in [0.5, 0.6) is 0 Å². The molecular formula is C9H17FN2. The molecule has 0 saturated carbocycles. The molecule has 2 aliphatic rings. The summed E-state index contributed by atoms with van der Waals surface area (Å²) < 4.78 is 13.6. The Labute approximate surface area is 73.1 Å². The SMILES string of the molecule is CN1CCC2(C1)NCCCC2F. The fraction of sp³-hybridized carbons (Fsp3) is 1.00. The third-order valence-electron chi connectivity index (χ3n) is 3.20. The van der Waals surface area contributed by atoms with Crippen molar-refractivity contribution in [2.75, 3.05) is 26.7 Å². The maximum Gasteiger partial charge on any atom is 0.120 e. The maximum absolute atomic E-state index is 13.6. The van der Waals surface area contributed by atoms with Gasteiger partial charge >= 0.3 is 0 Å². The molecule has 2 saturated heterocycles. The van der Waals surface area contributed by atoms with E-state index in [1.165, 1.54) is 0 Å². The average molecular weight is 172 g/mol. The Balaban J connectivity index is 2.07. The fourth-order valence-electron chi connectivity index (χ4n) is 2.44. The van der Waals surface area contributed by atoms with Gasteiger partial charge in [-0.3, -0.25) is 0 Å². The molecule has 0 aromatic heterocycles. The highest BCUT2D eigenvalue weighted by atomic mass is 19.1. The van der Waals surface area contributed by atoms with Crippen LogP contribution in [-0.4, -0.2) is 43.3 Å². The number of piperidine rings is 1. The van der Waals surface area contributed by atoms with E-state index in [2.05, 4.69) is 17.3 Å². The summed E-state index contributed by atoms with van der Waals surface area (Å²) >= 11 is 0. The molecular weight excluding hydrogens is 155 g/mol. The van der Waals surface area contributed by atoms with Crippen LogP contribution < -0.4 is 5.32 Å². The summed E-state index contributed by atoms with van der Waals surface area (Å²) in [6.07, 6.45) is 2.09. The summed E-state index contributed by atoms with van der Waals surface area (Å²) in [6, 6.07) is 0. The number of alkyl halides is 1. The Morgan fingerprint density at radius 1 is 1.58 bits per heavy atom. The minimum atomic E-state index is -0.629. The fourth-order valence-corrected chi connectivity index (χ4v) is 2.44. The summed E-state index contributed by atoms with van der Waals surface area (Å²) in [5, 5.41) is 3.36. The molecule has 2 nitrogen and oxygen atoms in total. The average Bonchev–Trinajstić information content (AvgIpc) is 2.41. The van der Waals surface area contributed by atoms with Crippen molar-refractivity contribution in [2.24, 2.45) is 0 Å². The van der Waals surface area contributed by atoms with Crippen LogP contribution in [0.4, 0.5) is 4.39 Å². The second-order valence-electron chi connectivity index (χ2n) is 4.18. The lowest BCUT2D eigenvalue weighted by atomic mass is 9.86. The molecule has 1 spiro atoms. The quantitative estimate of drug-likeness (QED) is 0.581. The van der Waals surface area contributed by atoms with Crippen LogP contribution >= 0.6 is 0 Å². The monoisotopic (exact) mass is 172 g/mol. The standard InChI is InChI=1S/C9H17FN2/c1-12-6-4-9(7-12)8(10)3-2-5-11-9/h8,11H,2-7H2,1H3. The van der Waals surface area contributed by atoms with Gasteiger partial charge < -0.3 is 10.2 Å². The largest absolute Gasteiger partial charge is 0.308 e. The van der Waals surface area contributed by atoms with Gasteiger partial charge in [-0.05, 0) is 39.4 Å². The molecule has 0 aromatic carbocycles. The van der Waals surface area contributed by atoms with Crippen molar-refractivity contribution in [1.29, 1.82) is 0 Å². The van der Waals surface area contributed by atoms with Gasteiger partial charge in [-0.1, -0.05) is 0 Å². The van der Waals surface area contributed by atoms with Gasteiger partial charge in [0, 0.05) is 6.54 Å². The lowest BCUT2D eigenvalue weighted by Gasteiger charge is -2.37. The Morgan fingerprint density at radius 3 is 3.00 bits per heavy atom. The molecule has 12 heavy (non-hydrogen) atoms. The number of nitrogens with zero attached hydrogens (tertiary/aromatic N) is 1. The van der Waals surface area contributed by atoms with E-state index in [4.69, 9.17) is 0 Å². The number of halogens is 1. The van der Waals surface area contributed by atoms with Gasteiger partial charge in [0.2, 0.25) is 0 Å². The minimum absolute atomic E-state index is 0.188. The highest BCUT2D eigenvalue weighted by Gasteiger charge is 2.44. The Kier molecular flexibility index (Phi) is 2.09. The van der Waals surface area contributed by atoms with Crippen molar-refractivity contribution in [3.8, 4) is 0 Å². The molecule has 70 valence electrons. The van der Waals surface area contributed by atoms with Crippen LogP contribution in [-0.2, 0) is 0 Å². The van der Waals surface area contributed by atoms with Crippen LogP contribution in [0, 0.1) is 0 Å². The molecule has 0 amide bonds. The van der Waals surface area contributed by atoms with Gasteiger partial charge in [0.15, 0.2) is 0 Å². The van der Waals surface area contributed by atoms with E-state index in [1.54, 1.807) is 0 Å². The summed E-state index contributed by atoms with van der Waals surface area (Å²) in [5.41, 5.74) is -0.188. The molecule has 0 aromatic rings. The molecule has 2 fully saturated rings. The predicted molar refractivity (Wildman–Crippen MR) is 47.0 cm³/mol. The van der Waals surface area contributed by atoms with Crippen molar-refractivity contribution < 1.29 is 4.39 Å². The van der Waals surface area contributed by atoms with Crippen molar-refractivity contribution in [1.82, 2.24) is 10.2 Å². The zero-order valence-electron chi connectivity index (χ0n) is 7.65. The van der Waals surface area contributed by atoms with Crippen LogP contribution in [0.15, 0.2) is 0 Å². The number of nitrogens with one attached hydrogen (secondary N) is 1. The number of likely N-dealkylation sites (N-methyl/N-ethyl adjacent to an activating group) is 1. The van der Waals surface area contributed by atoms with E-state index < -0.39 is 6.17 Å². The first-order valence-electron chi connectivity index (χ1n) is 4.81. The number of rotatable bonds is 0. The smallest absolute Gasteiger partial charge is 0.120 e. The van der Waals surface area contributed by atoms with Gasteiger partial charge in [0.1, 0.15) is 6.17 Å². The second kappa shape index (κ2) is 2.96. The minimum Gasteiger partial charge on any atom is -0.308 e. The molecule has 0 aliphatic carbocycles. The number of likely N-dealkylation sites (tertiary alicyclic amines) is 1. The molecule has 2 aliphatic heterocycles. The number of hydrogen-bond acceptors (Lipinski definition) is 2. The molecule has 3 heteroatoms. The Hall–Kier alpha value is -0.150. The first-order chi connectivity index (χ1) is 5.73. The third-order valence-corrected chi connectivity index (χ3v) is 3.20. The molecule has 0 bridgehead atoms. The highest BCUT2D eigenvalue weighted by molar-refractivity contribution is 5.03. The third kappa shape index (κ3) is 1.25. The van der Waals surface area contributed by atoms with Gasteiger partial charge in [-0.2, -0.15) is 0 Å². The van der Waals surface area contributed by atoms with Crippen molar-refractivity contribution >= 4 is 0 Å². The van der Waals surface area contributed by atoms with Crippen LogP contribution in [0.2, 0.25) is 0 Å². The maximum atomic E-state index is 13.6. The molecule has 0 radical (unpaired) electrons. The zero-order valence-corrected chi connectivity index (χ0v) is 7.65. The van der Waals surface area contributed by atoms with Gasteiger partial charge in [0.05, 0.1) is 5.54 Å². The Bertz CT molecular complexity index is 170. The topological polar surface area (TPSA) is 15.3 Å². The Morgan fingerprint density at radius 2 is 2.42 bits per heavy atom. The van der Waals surface area contributed by atoms with E-state index in [9.17, 15) is 4.39 Å². The van der Waals surface area contributed by atoms with E-state index in [0.29, 0.717) is 0 Å². The van der Waals surface area contributed by atoms with Crippen molar-refractivity contribution in [2.45, 2.75) is 31.0 Å². The molecule has 2 unspecified atom stereocenters. The van der Waals surface area contributed by atoms with E-state index in [0.717, 1.165) is 38.9 Å². The van der Waals surface area contributed by atoms with Crippen LogP contribution in [0.3, 0.4) is 0 Å². The van der Waals surface area contributed by atoms with Gasteiger partial charge in [-0.25, -0.2) is 4.39 Å². The predicted octanol–water partition coefficient (Wildman–Crippen LogP) is 0.782. The molecule has 2 rings (SSSR count). The zero-order chi connectivity index (χ0) is 8.60. The molecule has 1 N–H and O–H groups in total. The van der Waals surface area contributed by atoms with Crippen molar-refractivity contribution in [3.05, 3.63) is 0 Å². The number of hydrogen-bond donors (Lipinski definition) is 1. The summed E-state index contributed by atoms with van der Waals surface area (Å²) in [5.74, 6) is 0. The van der Waals surface area contributed by atoms with Gasteiger partial charge in [-0.15, -0.1) is 0 Å². The summed E-state index contributed by atoms with van der Waals surface area (Å²) in [6.45, 7) is 2.91. The highest BCUT2D eigenvalue weighted by Crippen LogP contribution is 2.31. The summed E-state index contributed by atoms with van der Waals surface area (Å²) in [4.78, 5) is 2.21. The second-order valence-corrected chi connectivity index (χ2v) is 4.18. The first kappa shape index (κ1) is 8.45. The van der Waals surface area contributed by atoms with E-state index >= 15 is 0 Å². The summed E-state index contributed by atoms with van der Waals surface area (Å²) in [7, 11) is 2.07. The molecule has 2 atom stereocenters. The lowest BCUT2D eigenvalue weighted by molar-refractivity contribution is 0.113. The van der Waals surface area contributed by atoms with Gasteiger partial charge in [0.25, 0.3) is 0 Å². The van der Waals surface area contributed by atoms with E-state index in [1.807, 2.05) is 0 Å². The van der Waals surface area contributed by atoms with Crippen molar-refractivity contribution in [3.63, 3.8) is 0 Å². The van der Waals surface area contributed by atoms with E-state index in [-0.39, 0.29) is 5.54 Å².